The molecular weight excluding hydrogens is 495 g/mol. The maximum Gasteiger partial charge on any atom is 0.417 e. The first-order valence-electron chi connectivity index (χ1n) is 11.9. The van der Waals surface area contributed by atoms with Crippen LogP contribution in [0.15, 0.2) is 77.8 Å². The molecule has 1 spiro atoms. The zero-order valence-corrected chi connectivity index (χ0v) is 20.9. The molecule has 2 aliphatic rings. The van der Waals surface area contributed by atoms with Crippen molar-refractivity contribution in [2.45, 2.75) is 37.9 Å². The molecular formula is C28H24F3N5S. The third-order valence-corrected chi connectivity index (χ3v) is 7.25. The van der Waals surface area contributed by atoms with Crippen molar-refractivity contribution in [3.8, 4) is 6.07 Å². The van der Waals surface area contributed by atoms with Gasteiger partial charge in [-0.15, -0.1) is 0 Å². The summed E-state index contributed by atoms with van der Waals surface area (Å²) in [5.74, 6) is 0.602. The quantitative estimate of drug-likeness (QED) is 0.372. The maximum absolute atomic E-state index is 13.8. The first-order chi connectivity index (χ1) is 17.7. The molecule has 3 aromatic carbocycles. The monoisotopic (exact) mass is 519 g/mol. The van der Waals surface area contributed by atoms with Gasteiger partial charge in [0.15, 0.2) is 5.11 Å². The van der Waals surface area contributed by atoms with Crippen LogP contribution in [0.1, 0.15) is 36.0 Å². The van der Waals surface area contributed by atoms with Gasteiger partial charge in [-0.3, -0.25) is 4.90 Å². The summed E-state index contributed by atoms with van der Waals surface area (Å²) in [4.78, 5) is 8.55. The molecule has 188 valence electrons. The van der Waals surface area contributed by atoms with Crippen molar-refractivity contribution >= 4 is 40.2 Å². The first-order valence-corrected chi connectivity index (χ1v) is 12.3. The number of nitrogens with zero attached hydrogens (tertiary/aromatic N) is 4. The molecule has 1 aliphatic carbocycles. The molecule has 37 heavy (non-hydrogen) atoms. The lowest BCUT2D eigenvalue weighted by Gasteiger charge is -2.45. The summed E-state index contributed by atoms with van der Waals surface area (Å²) in [5, 5.41) is 12.9. The van der Waals surface area contributed by atoms with E-state index in [9.17, 15) is 18.4 Å². The number of amidine groups is 1. The molecule has 1 heterocycles. The van der Waals surface area contributed by atoms with E-state index < -0.39 is 22.8 Å². The van der Waals surface area contributed by atoms with Gasteiger partial charge in [0.25, 0.3) is 0 Å². The molecule has 1 N–H and O–H groups in total. The molecule has 0 bridgehead atoms. The molecule has 0 aromatic heterocycles. The van der Waals surface area contributed by atoms with Crippen molar-refractivity contribution in [1.82, 2.24) is 0 Å². The standard InChI is InChI=1S/C28H24F3N5S/c1-19-8-11-22(12-9-19)36-26(37)35(23-13-10-20(17-32)24(16-23)28(29,30)31)25(27(36)14-5-15-27)34-18-33-21-6-3-2-4-7-21/h2-4,6-13,16,33H,5,14-15,18H2,1H3. The van der Waals surface area contributed by atoms with Crippen molar-refractivity contribution < 1.29 is 13.2 Å². The third-order valence-electron chi connectivity index (χ3n) is 6.88. The van der Waals surface area contributed by atoms with E-state index in [1.165, 1.54) is 12.1 Å². The van der Waals surface area contributed by atoms with E-state index in [1.807, 2.05) is 66.4 Å². The Hall–Kier alpha value is -3.90. The molecule has 9 heteroatoms. The number of anilines is 3. The second-order valence-electron chi connectivity index (χ2n) is 9.20. The van der Waals surface area contributed by atoms with Crippen molar-refractivity contribution in [1.29, 1.82) is 5.26 Å². The Morgan fingerprint density at radius 3 is 2.30 bits per heavy atom. The Labute approximate surface area is 218 Å². The molecule has 0 atom stereocenters. The number of thiocarbonyl (C=S) groups is 1. The van der Waals surface area contributed by atoms with E-state index >= 15 is 0 Å². The first kappa shape index (κ1) is 24.8. The van der Waals surface area contributed by atoms with Gasteiger partial charge in [0.1, 0.15) is 18.0 Å². The molecule has 5 rings (SSSR count). The van der Waals surface area contributed by atoms with Gasteiger partial charge in [-0.1, -0.05) is 35.9 Å². The normalized spacial score (nSPS) is 17.7. The smallest absolute Gasteiger partial charge is 0.366 e. The molecule has 1 saturated heterocycles. The largest absolute Gasteiger partial charge is 0.417 e. The second-order valence-corrected chi connectivity index (χ2v) is 9.56. The highest BCUT2D eigenvalue weighted by Gasteiger charge is 2.57. The average molecular weight is 520 g/mol. The van der Waals surface area contributed by atoms with E-state index in [0.29, 0.717) is 10.9 Å². The number of nitriles is 1. The van der Waals surface area contributed by atoms with Crippen LogP contribution < -0.4 is 15.1 Å². The van der Waals surface area contributed by atoms with Gasteiger partial charge in [-0.05, 0) is 80.9 Å². The summed E-state index contributed by atoms with van der Waals surface area (Å²) < 4.78 is 41.5. The zero-order chi connectivity index (χ0) is 26.2. The third kappa shape index (κ3) is 4.42. The molecule has 0 amide bonds. The van der Waals surface area contributed by atoms with Crippen LogP contribution in [0.3, 0.4) is 0 Å². The maximum atomic E-state index is 13.8. The summed E-state index contributed by atoms with van der Waals surface area (Å²) in [6.07, 6.45) is -2.20. The molecule has 2 fully saturated rings. The highest BCUT2D eigenvalue weighted by atomic mass is 32.1. The van der Waals surface area contributed by atoms with E-state index in [4.69, 9.17) is 17.2 Å². The molecule has 5 nitrogen and oxygen atoms in total. The minimum atomic E-state index is -4.68. The number of benzene rings is 3. The molecule has 0 radical (unpaired) electrons. The summed E-state index contributed by atoms with van der Waals surface area (Å²) in [6.45, 7) is 2.22. The molecule has 1 saturated carbocycles. The van der Waals surface area contributed by atoms with E-state index in [1.54, 1.807) is 11.0 Å². The number of hydrogen-bond donors (Lipinski definition) is 1. The Morgan fingerprint density at radius 2 is 1.70 bits per heavy atom. The lowest BCUT2D eigenvalue weighted by atomic mass is 9.74. The van der Waals surface area contributed by atoms with Gasteiger partial charge >= 0.3 is 6.18 Å². The zero-order valence-electron chi connectivity index (χ0n) is 20.1. The fourth-order valence-electron chi connectivity index (χ4n) is 4.91. The van der Waals surface area contributed by atoms with Crippen LogP contribution in [-0.4, -0.2) is 23.2 Å². The van der Waals surface area contributed by atoms with Crippen LogP contribution >= 0.6 is 12.2 Å². The van der Waals surface area contributed by atoms with E-state index in [-0.39, 0.29) is 12.4 Å². The van der Waals surface area contributed by atoms with Crippen molar-refractivity contribution in [2.24, 2.45) is 4.99 Å². The van der Waals surface area contributed by atoms with E-state index in [0.717, 1.165) is 42.3 Å². The summed E-state index contributed by atoms with van der Waals surface area (Å²) >= 11 is 5.93. The van der Waals surface area contributed by atoms with Crippen LogP contribution in [0, 0.1) is 18.3 Å². The average Bonchev–Trinajstić information content (AvgIpc) is 3.13. The molecule has 0 unspecified atom stereocenters. The Morgan fingerprint density at radius 1 is 1.03 bits per heavy atom. The number of para-hydroxylation sites is 1. The summed E-state index contributed by atoms with van der Waals surface area (Å²) in [6, 6.07) is 22.9. The number of rotatable bonds is 5. The highest BCUT2D eigenvalue weighted by molar-refractivity contribution is 7.81. The Balaban J connectivity index is 1.62. The number of hydrogen-bond acceptors (Lipinski definition) is 4. The van der Waals surface area contributed by atoms with E-state index in [2.05, 4.69) is 5.32 Å². The summed E-state index contributed by atoms with van der Waals surface area (Å²) in [7, 11) is 0. The molecule has 1 aliphatic heterocycles. The minimum absolute atomic E-state index is 0.227. The van der Waals surface area contributed by atoms with Gasteiger partial charge in [0.2, 0.25) is 0 Å². The number of alkyl halides is 3. The lowest BCUT2D eigenvalue weighted by molar-refractivity contribution is -0.137. The Kier molecular flexibility index (Phi) is 6.38. The van der Waals surface area contributed by atoms with Crippen molar-refractivity contribution in [3.63, 3.8) is 0 Å². The van der Waals surface area contributed by atoms with Crippen LogP contribution in [0.4, 0.5) is 30.2 Å². The number of aryl methyl sites for hydroxylation is 1. The predicted molar refractivity (Wildman–Crippen MR) is 144 cm³/mol. The van der Waals surface area contributed by atoms with Gasteiger partial charge in [0, 0.05) is 11.4 Å². The minimum Gasteiger partial charge on any atom is -0.366 e. The fraction of sp³-hybridized carbons (Fsp3) is 0.250. The van der Waals surface area contributed by atoms with Crippen molar-refractivity contribution in [3.05, 3.63) is 89.5 Å². The highest BCUT2D eigenvalue weighted by Crippen LogP contribution is 2.49. The van der Waals surface area contributed by atoms with Crippen LogP contribution in [0.25, 0.3) is 0 Å². The fourth-order valence-corrected chi connectivity index (χ4v) is 5.38. The number of aliphatic imine (C=N–C) groups is 1. The van der Waals surface area contributed by atoms with Crippen molar-refractivity contribution in [2.75, 3.05) is 21.8 Å². The van der Waals surface area contributed by atoms with Crippen LogP contribution in [-0.2, 0) is 6.18 Å². The van der Waals surface area contributed by atoms with Gasteiger partial charge in [-0.25, -0.2) is 4.99 Å². The number of halogens is 3. The molecule has 3 aromatic rings. The summed E-state index contributed by atoms with van der Waals surface area (Å²) in [5.41, 5.74) is 1.09. The van der Waals surface area contributed by atoms with Crippen LogP contribution in [0.2, 0.25) is 0 Å². The SMILES string of the molecule is Cc1ccc(N2C(=S)N(c3ccc(C#N)c(C(F)(F)F)c3)C(=NCNc3ccccc3)C23CCC3)cc1. The predicted octanol–water partition coefficient (Wildman–Crippen LogP) is 6.89. The van der Waals surface area contributed by atoms with Gasteiger partial charge < -0.3 is 10.2 Å². The second kappa shape index (κ2) is 9.52. The lowest BCUT2D eigenvalue weighted by Crippen LogP contribution is -2.55. The van der Waals surface area contributed by atoms with Gasteiger partial charge in [-0.2, -0.15) is 18.4 Å². The topological polar surface area (TPSA) is 54.7 Å². The van der Waals surface area contributed by atoms with Crippen LogP contribution in [0.5, 0.6) is 0 Å². The number of nitrogens with one attached hydrogen (secondary N) is 1. The van der Waals surface area contributed by atoms with Gasteiger partial charge in [0.05, 0.1) is 22.9 Å². The Bertz CT molecular complexity index is 1390.